The molecule has 83 valence electrons. The van der Waals surface area contributed by atoms with Crippen molar-refractivity contribution in [3.8, 4) is 0 Å². The number of nitrogens with zero attached hydrogens (tertiary/aromatic N) is 1. The summed E-state index contributed by atoms with van der Waals surface area (Å²) < 4.78 is 4.93. The van der Waals surface area contributed by atoms with E-state index in [0.717, 1.165) is 12.8 Å². The number of carbonyl (C=O) groups excluding carboxylic acids is 2. The molecule has 1 saturated heterocycles. The minimum atomic E-state index is -0.232. The molecule has 0 saturated carbocycles. The van der Waals surface area contributed by atoms with Crippen LogP contribution in [0, 0.1) is 12.0 Å². The van der Waals surface area contributed by atoms with Gasteiger partial charge in [0.25, 0.3) is 5.91 Å². The molecule has 1 amide bonds. The standard InChI is InChI=1S/C11H16NO3/c1-3-10(13)12-7-5-6-9(8-12)11(14)15-4-2/h9H,1,4-8H2,2H3. The minimum absolute atomic E-state index is 0.184. The Morgan fingerprint density at radius 1 is 1.60 bits per heavy atom. The van der Waals surface area contributed by atoms with Gasteiger partial charge in [-0.1, -0.05) is 6.58 Å². The predicted molar refractivity (Wildman–Crippen MR) is 54.8 cm³/mol. The second kappa shape index (κ2) is 5.53. The summed E-state index contributed by atoms with van der Waals surface area (Å²) in [5.74, 6) is -0.626. The highest BCUT2D eigenvalue weighted by Gasteiger charge is 2.28. The van der Waals surface area contributed by atoms with E-state index in [9.17, 15) is 9.59 Å². The number of rotatable bonds is 3. The molecule has 1 unspecified atom stereocenters. The van der Waals surface area contributed by atoms with Gasteiger partial charge in [0.15, 0.2) is 0 Å². The van der Waals surface area contributed by atoms with E-state index in [2.05, 4.69) is 12.7 Å². The summed E-state index contributed by atoms with van der Waals surface area (Å²) in [7, 11) is 0. The van der Waals surface area contributed by atoms with Crippen molar-refractivity contribution in [3.05, 3.63) is 12.7 Å². The molecule has 15 heavy (non-hydrogen) atoms. The van der Waals surface area contributed by atoms with Gasteiger partial charge in [-0.3, -0.25) is 9.59 Å². The normalized spacial score (nSPS) is 20.9. The van der Waals surface area contributed by atoms with E-state index in [0.29, 0.717) is 19.7 Å². The number of hydrogen-bond donors (Lipinski definition) is 0. The van der Waals surface area contributed by atoms with Crippen molar-refractivity contribution in [2.45, 2.75) is 19.8 Å². The van der Waals surface area contributed by atoms with E-state index < -0.39 is 0 Å². The van der Waals surface area contributed by atoms with Gasteiger partial charge in [0.1, 0.15) is 0 Å². The molecule has 1 rings (SSSR count). The maximum Gasteiger partial charge on any atom is 0.310 e. The van der Waals surface area contributed by atoms with Crippen LogP contribution in [0.2, 0.25) is 0 Å². The summed E-state index contributed by atoms with van der Waals surface area (Å²) in [6, 6.07) is 0. The largest absolute Gasteiger partial charge is 0.466 e. The topological polar surface area (TPSA) is 46.6 Å². The van der Waals surface area contributed by atoms with Crippen molar-refractivity contribution in [2.75, 3.05) is 19.7 Å². The number of hydrogen-bond acceptors (Lipinski definition) is 3. The van der Waals surface area contributed by atoms with Crippen LogP contribution < -0.4 is 0 Å². The van der Waals surface area contributed by atoms with Gasteiger partial charge in [0.05, 0.1) is 12.5 Å². The van der Waals surface area contributed by atoms with Crippen molar-refractivity contribution in [1.82, 2.24) is 4.90 Å². The number of amides is 1. The lowest BCUT2D eigenvalue weighted by Crippen LogP contribution is -2.42. The molecule has 0 spiro atoms. The Bertz CT molecular complexity index is 263. The Hall–Kier alpha value is -1.32. The summed E-state index contributed by atoms with van der Waals surface area (Å²) in [6.07, 6.45) is 3.93. The SMILES string of the molecule is C=[C]C(=O)N1CCCC(C(=O)OCC)C1. The Morgan fingerprint density at radius 3 is 2.93 bits per heavy atom. The highest BCUT2D eigenvalue weighted by Crippen LogP contribution is 2.17. The summed E-state index contributed by atoms with van der Waals surface area (Å²) in [6.45, 7) is 6.58. The maximum absolute atomic E-state index is 11.5. The summed E-state index contributed by atoms with van der Waals surface area (Å²) in [5.41, 5.74) is 0. The fraction of sp³-hybridized carbons (Fsp3) is 0.636. The van der Waals surface area contributed by atoms with E-state index in [-0.39, 0.29) is 17.8 Å². The van der Waals surface area contributed by atoms with E-state index in [1.165, 1.54) is 0 Å². The number of esters is 1. The third kappa shape index (κ3) is 3.08. The molecule has 0 aromatic carbocycles. The van der Waals surface area contributed by atoms with Crippen molar-refractivity contribution in [2.24, 2.45) is 5.92 Å². The Labute approximate surface area is 89.9 Å². The average molecular weight is 210 g/mol. The smallest absolute Gasteiger partial charge is 0.310 e. The first-order chi connectivity index (χ1) is 7.19. The highest BCUT2D eigenvalue weighted by molar-refractivity contribution is 5.84. The van der Waals surface area contributed by atoms with Crippen LogP contribution in [0.4, 0.5) is 0 Å². The zero-order valence-electron chi connectivity index (χ0n) is 8.99. The van der Waals surface area contributed by atoms with E-state index >= 15 is 0 Å². The second-order valence-electron chi connectivity index (χ2n) is 3.52. The van der Waals surface area contributed by atoms with Gasteiger partial charge in [-0.15, -0.1) is 0 Å². The van der Waals surface area contributed by atoms with Gasteiger partial charge in [0.2, 0.25) is 0 Å². The predicted octanol–water partition coefficient (Wildman–Crippen LogP) is 0.777. The third-order valence-corrected chi connectivity index (χ3v) is 2.48. The molecule has 4 heteroatoms. The molecule has 4 nitrogen and oxygen atoms in total. The van der Waals surface area contributed by atoms with Gasteiger partial charge in [-0.05, 0) is 19.8 Å². The van der Waals surface area contributed by atoms with Crippen LogP contribution >= 0.6 is 0 Å². The first kappa shape index (κ1) is 11.8. The molecule has 1 radical (unpaired) electrons. The van der Waals surface area contributed by atoms with Crippen LogP contribution in [0.5, 0.6) is 0 Å². The molecule has 0 N–H and O–H groups in total. The second-order valence-corrected chi connectivity index (χ2v) is 3.52. The van der Waals surface area contributed by atoms with Crippen molar-refractivity contribution in [1.29, 1.82) is 0 Å². The monoisotopic (exact) mass is 210 g/mol. The zero-order valence-corrected chi connectivity index (χ0v) is 8.99. The molecular formula is C11H16NO3. The van der Waals surface area contributed by atoms with E-state index in [1.807, 2.05) is 0 Å². The molecule has 1 atom stereocenters. The van der Waals surface area contributed by atoms with Crippen LogP contribution in [0.3, 0.4) is 0 Å². The Balaban J connectivity index is 2.52. The van der Waals surface area contributed by atoms with Gasteiger partial charge in [0, 0.05) is 19.2 Å². The Morgan fingerprint density at radius 2 is 2.33 bits per heavy atom. The molecule has 1 fully saturated rings. The lowest BCUT2D eigenvalue weighted by molar-refractivity contribution is -0.150. The van der Waals surface area contributed by atoms with Gasteiger partial charge >= 0.3 is 5.97 Å². The first-order valence-electron chi connectivity index (χ1n) is 5.17. The lowest BCUT2D eigenvalue weighted by Gasteiger charge is -2.30. The molecule has 1 heterocycles. The van der Waals surface area contributed by atoms with Crippen molar-refractivity contribution in [3.63, 3.8) is 0 Å². The maximum atomic E-state index is 11.5. The van der Waals surface area contributed by atoms with Gasteiger partial charge in [-0.25, -0.2) is 0 Å². The summed E-state index contributed by atoms with van der Waals surface area (Å²) >= 11 is 0. The van der Waals surface area contributed by atoms with Crippen LogP contribution in [-0.4, -0.2) is 36.5 Å². The summed E-state index contributed by atoms with van der Waals surface area (Å²) in [5, 5.41) is 0. The number of likely N-dealkylation sites (tertiary alicyclic amines) is 1. The molecule has 0 aromatic heterocycles. The molecule has 0 bridgehead atoms. The van der Waals surface area contributed by atoms with Crippen molar-refractivity contribution < 1.29 is 14.3 Å². The number of carbonyl (C=O) groups is 2. The molecule has 0 aromatic rings. The third-order valence-electron chi connectivity index (χ3n) is 2.48. The quantitative estimate of drug-likeness (QED) is 0.511. The van der Waals surface area contributed by atoms with Gasteiger partial charge < -0.3 is 9.64 Å². The lowest BCUT2D eigenvalue weighted by atomic mass is 9.98. The van der Waals surface area contributed by atoms with Crippen LogP contribution in [0.1, 0.15) is 19.8 Å². The molecule has 1 aliphatic rings. The van der Waals surface area contributed by atoms with E-state index in [4.69, 9.17) is 4.74 Å². The van der Waals surface area contributed by atoms with Crippen LogP contribution in [0.15, 0.2) is 6.58 Å². The van der Waals surface area contributed by atoms with Crippen LogP contribution in [0.25, 0.3) is 0 Å². The summed E-state index contributed by atoms with van der Waals surface area (Å²) in [4.78, 5) is 24.3. The first-order valence-corrected chi connectivity index (χ1v) is 5.17. The van der Waals surface area contributed by atoms with Gasteiger partial charge in [-0.2, -0.15) is 0 Å². The zero-order chi connectivity index (χ0) is 11.3. The fourth-order valence-corrected chi connectivity index (χ4v) is 1.73. The molecular weight excluding hydrogens is 194 g/mol. The average Bonchev–Trinajstić information content (AvgIpc) is 2.28. The van der Waals surface area contributed by atoms with E-state index in [1.54, 1.807) is 11.8 Å². The fourth-order valence-electron chi connectivity index (χ4n) is 1.73. The highest BCUT2D eigenvalue weighted by atomic mass is 16.5. The Kier molecular flexibility index (Phi) is 4.34. The molecule has 0 aliphatic carbocycles. The molecule has 1 aliphatic heterocycles. The van der Waals surface area contributed by atoms with Crippen molar-refractivity contribution >= 4 is 11.9 Å². The number of ether oxygens (including phenoxy) is 1. The number of piperidine rings is 1. The van der Waals surface area contributed by atoms with Crippen LogP contribution in [-0.2, 0) is 14.3 Å². The minimum Gasteiger partial charge on any atom is -0.466 e.